The van der Waals surface area contributed by atoms with Gasteiger partial charge in [-0.05, 0) is 65.8 Å². The van der Waals surface area contributed by atoms with E-state index >= 15 is 0 Å². The molecule has 0 bridgehead atoms. The quantitative estimate of drug-likeness (QED) is 0.480. The van der Waals surface area contributed by atoms with Gasteiger partial charge >= 0.3 is 10.2 Å². The third-order valence-electron chi connectivity index (χ3n) is 4.37. The van der Waals surface area contributed by atoms with Gasteiger partial charge < -0.3 is 10.4 Å². The first-order valence-electron chi connectivity index (χ1n) is 8.33. The zero-order valence-corrected chi connectivity index (χ0v) is 18.2. The number of nitrogens with zero attached hydrogens (tertiary/aromatic N) is 1. The largest absolute Gasteiger partial charge is 0.395 e. The number of halogens is 4. The monoisotopic (exact) mass is 543 g/mol. The molecule has 1 aliphatic heterocycles. The van der Waals surface area contributed by atoms with Crippen LogP contribution in [0.1, 0.15) is 12.8 Å². The minimum absolute atomic E-state index is 0.169. The van der Waals surface area contributed by atoms with Crippen LogP contribution in [0.2, 0.25) is 5.02 Å². The van der Waals surface area contributed by atoms with E-state index in [4.69, 9.17) is 11.6 Å². The molecule has 2 aromatic carbocycles. The van der Waals surface area contributed by atoms with E-state index in [1.807, 2.05) is 0 Å². The SMILES string of the molecule is O=S(=O)(Nc1ccc(F)c(F)c1Nc1ccc(I)cc1Cl)N1CCC[C@@H]1CO. The second-order valence-corrected chi connectivity index (χ2v) is 9.51. The summed E-state index contributed by atoms with van der Waals surface area (Å²) in [6, 6.07) is 6.33. The zero-order chi connectivity index (χ0) is 20.5. The number of nitrogens with one attached hydrogen (secondary N) is 2. The van der Waals surface area contributed by atoms with E-state index in [-0.39, 0.29) is 29.5 Å². The van der Waals surface area contributed by atoms with Crippen LogP contribution in [-0.4, -0.2) is 37.0 Å². The second kappa shape index (κ2) is 8.66. The summed E-state index contributed by atoms with van der Waals surface area (Å²) in [4.78, 5) is 0. The Hall–Kier alpha value is -1.21. The van der Waals surface area contributed by atoms with Gasteiger partial charge in [0.05, 0.1) is 23.0 Å². The average molecular weight is 544 g/mol. The molecule has 1 fully saturated rings. The molecular formula is C17H17ClF2IN3O3S. The van der Waals surface area contributed by atoms with Crippen LogP contribution in [0, 0.1) is 15.2 Å². The fourth-order valence-electron chi connectivity index (χ4n) is 2.99. The second-order valence-electron chi connectivity index (χ2n) is 6.23. The van der Waals surface area contributed by atoms with Crippen LogP contribution in [-0.2, 0) is 10.2 Å². The molecular weight excluding hydrogens is 527 g/mol. The Morgan fingerprint density at radius 2 is 1.96 bits per heavy atom. The van der Waals surface area contributed by atoms with Crippen molar-refractivity contribution < 1.29 is 22.3 Å². The lowest BCUT2D eigenvalue weighted by molar-refractivity contribution is 0.214. The molecule has 0 radical (unpaired) electrons. The van der Waals surface area contributed by atoms with Crippen LogP contribution in [0.3, 0.4) is 0 Å². The Kier molecular flexibility index (Phi) is 6.65. The first kappa shape index (κ1) is 21.5. The maximum Gasteiger partial charge on any atom is 0.302 e. The normalized spacial score (nSPS) is 17.7. The third kappa shape index (κ3) is 4.51. The molecule has 28 heavy (non-hydrogen) atoms. The van der Waals surface area contributed by atoms with E-state index in [1.54, 1.807) is 18.2 Å². The molecule has 152 valence electrons. The smallest absolute Gasteiger partial charge is 0.302 e. The van der Waals surface area contributed by atoms with Crippen molar-refractivity contribution in [3.8, 4) is 0 Å². The van der Waals surface area contributed by atoms with Gasteiger partial charge in [-0.25, -0.2) is 8.78 Å². The van der Waals surface area contributed by atoms with Crippen molar-refractivity contribution in [2.24, 2.45) is 0 Å². The number of aliphatic hydroxyl groups is 1. The molecule has 0 saturated carbocycles. The average Bonchev–Trinajstić information content (AvgIpc) is 3.13. The Bertz CT molecular complexity index is 994. The Labute approximate surface area is 180 Å². The van der Waals surface area contributed by atoms with Crippen LogP contribution < -0.4 is 10.0 Å². The predicted octanol–water partition coefficient (Wildman–Crippen LogP) is 4.08. The van der Waals surface area contributed by atoms with Crippen molar-refractivity contribution in [2.45, 2.75) is 18.9 Å². The third-order valence-corrected chi connectivity index (χ3v) is 6.93. The van der Waals surface area contributed by atoms with Crippen molar-refractivity contribution in [2.75, 3.05) is 23.2 Å². The van der Waals surface area contributed by atoms with E-state index in [2.05, 4.69) is 32.6 Å². The summed E-state index contributed by atoms with van der Waals surface area (Å²) in [6.45, 7) is -0.0853. The van der Waals surface area contributed by atoms with Gasteiger partial charge in [0.2, 0.25) is 0 Å². The topological polar surface area (TPSA) is 81.7 Å². The van der Waals surface area contributed by atoms with E-state index in [0.717, 1.165) is 20.0 Å². The molecule has 2 aromatic rings. The number of aliphatic hydroxyl groups excluding tert-OH is 1. The summed E-state index contributed by atoms with van der Waals surface area (Å²) in [5.74, 6) is -2.38. The van der Waals surface area contributed by atoms with E-state index in [1.165, 1.54) is 0 Å². The molecule has 1 heterocycles. The van der Waals surface area contributed by atoms with Crippen LogP contribution in [0.25, 0.3) is 0 Å². The van der Waals surface area contributed by atoms with Gasteiger partial charge in [0.1, 0.15) is 5.69 Å². The van der Waals surface area contributed by atoms with Crippen LogP contribution in [0.15, 0.2) is 30.3 Å². The molecule has 6 nitrogen and oxygen atoms in total. The molecule has 3 N–H and O–H groups in total. The number of rotatable bonds is 6. The predicted molar refractivity (Wildman–Crippen MR) is 113 cm³/mol. The summed E-state index contributed by atoms with van der Waals surface area (Å²) in [5, 5.41) is 12.3. The lowest BCUT2D eigenvalue weighted by Crippen LogP contribution is -2.41. The Morgan fingerprint density at radius 1 is 1.25 bits per heavy atom. The Morgan fingerprint density at radius 3 is 2.64 bits per heavy atom. The summed E-state index contributed by atoms with van der Waals surface area (Å²) in [7, 11) is -4.08. The minimum Gasteiger partial charge on any atom is -0.395 e. The highest BCUT2D eigenvalue weighted by atomic mass is 127. The molecule has 0 spiro atoms. The molecule has 0 aliphatic carbocycles. The summed E-state index contributed by atoms with van der Waals surface area (Å²) in [5.41, 5.74) is -0.259. The van der Waals surface area contributed by atoms with E-state index in [0.29, 0.717) is 18.5 Å². The molecule has 0 amide bonds. The van der Waals surface area contributed by atoms with Gasteiger partial charge in [-0.1, -0.05) is 11.6 Å². The van der Waals surface area contributed by atoms with Crippen molar-refractivity contribution >= 4 is 61.5 Å². The van der Waals surface area contributed by atoms with Gasteiger partial charge in [-0.15, -0.1) is 0 Å². The fourth-order valence-corrected chi connectivity index (χ4v) is 5.39. The standard InChI is InChI=1S/C17H17ClF2IN3O3S/c18-12-8-10(21)3-5-14(12)22-17-15(6-4-13(19)16(17)20)23-28(26,27)24-7-1-2-11(24)9-25/h3-6,8,11,22-23,25H,1-2,7,9H2/t11-/m1/s1. The molecule has 3 rings (SSSR count). The van der Waals surface area contributed by atoms with Gasteiger partial charge in [0, 0.05) is 16.2 Å². The van der Waals surface area contributed by atoms with Gasteiger partial charge in [-0.2, -0.15) is 12.7 Å². The van der Waals surface area contributed by atoms with Crippen molar-refractivity contribution in [3.05, 3.63) is 50.6 Å². The van der Waals surface area contributed by atoms with Gasteiger partial charge in [-0.3, -0.25) is 4.72 Å². The maximum atomic E-state index is 14.5. The molecule has 11 heteroatoms. The summed E-state index contributed by atoms with van der Waals surface area (Å²) < 4.78 is 58.0. The highest BCUT2D eigenvalue weighted by Crippen LogP contribution is 2.35. The van der Waals surface area contributed by atoms with Crippen molar-refractivity contribution in [1.29, 1.82) is 0 Å². The number of hydrogen-bond acceptors (Lipinski definition) is 4. The molecule has 1 saturated heterocycles. The highest BCUT2D eigenvalue weighted by molar-refractivity contribution is 14.1. The zero-order valence-electron chi connectivity index (χ0n) is 14.4. The summed E-state index contributed by atoms with van der Waals surface area (Å²) >= 11 is 8.19. The Balaban J connectivity index is 1.96. The lowest BCUT2D eigenvalue weighted by atomic mass is 10.2. The molecule has 0 unspecified atom stereocenters. The van der Waals surface area contributed by atoms with Crippen LogP contribution in [0.5, 0.6) is 0 Å². The molecule has 1 aliphatic rings. The summed E-state index contributed by atoms with van der Waals surface area (Å²) in [6.07, 6.45) is 1.13. The number of anilines is 3. The van der Waals surface area contributed by atoms with E-state index < -0.39 is 27.9 Å². The van der Waals surface area contributed by atoms with Crippen LogP contribution in [0.4, 0.5) is 25.8 Å². The maximum absolute atomic E-state index is 14.5. The fraction of sp³-hybridized carbons (Fsp3) is 0.294. The number of benzene rings is 2. The first-order valence-corrected chi connectivity index (χ1v) is 11.2. The molecule has 0 aromatic heterocycles. The van der Waals surface area contributed by atoms with Gasteiger partial charge in [0.25, 0.3) is 0 Å². The van der Waals surface area contributed by atoms with E-state index in [9.17, 15) is 22.3 Å². The van der Waals surface area contributed by atoms with Crippen molar-refractivity contribution in [1.82, 2.24) is 4.31 Å². The first-order chi connectivity index (χ1) is 13.2. The number of hydrogen-bond donors (Lipinski definition) is 3. The highest BCUT2D eigenvalue weighted by Gasteiger charge is 2.34. The minimum atomic E-state index is -4.08. The van der Waals surface area contributed by atoms with Crippen LogP contribution >= 0.6 is 34.2 Å². The molecule has 1 atom stereocenters. The lowest BCUT2D eigenvalue weighted by Gasteiger charge is -2.24. The van der Waals surface area contributed by atoms with Crippen molar-refractivity contribution in [3.63, 3.8) is 0 Å². The van der Waals surface area contributed by atoms with Gasteiger partial charge in [0.15, 0.2) is 11.6 Å².